The van der Waals surface area contributed by atoms with Crippen LogP contribution in [0.3, 0.4) is 0 Å². The van der Waals surface area contributed by atoms with Gasteiger partial charge in [0.05, 0.1) is 12.6 Å². The molecule has 0 radical (unpaired) electrons. The van der Waals surface area contributed by atoms with Crippen LogP contribution in [0.1, 0.15) is 46.4 Å². The van der Waals surface area contributed by atoms with Crippen LogP contribution in [0.25, 0.3) is 0 Å². The summed E-state index contributed by atoms with van der Waals surface area (Å²) in [6.45, 7) is 10.0. The fourth-order valence-corrected chi connectivity index (χ4v) is 2.01. The summed E-state index contributed by atoms with van der Waals surface area (Å²) in [4.78, 5) is 15.1. The van der Waals surface area contributed by atoms with Crippen molar-refractivity contribution in [3.05, 3.63) is 10.3 Å². The Morgan fingerprint density at radius 3 is 2.47 bits per heavy atom. The third-order valence-electron chi connectivity index (χ3n) is 2.58. The lowest BCUT2D eigenvalue weighted by Crippen LogP contribution is -2.36. The maximum atomic E-state index is 12.0. The van der Waals surface area contributed by atoms with Crippen LogP contribution in [0.4, 0.5) is 4.79 Å². The first-order valence-electron chi connectivity index (χ1n) is 6.22. The van der Waals surface area contributed by atoms with E-state index in [1.807, 2.05) is 34.6 Å². The van der Waals surface area contributed by atoms with E-state index in [0.29, 0.717) is 11.1 Å². The van der Waals surface area contributed by atoms with Crippen LogP contribution in [0.5, 0.6) is 0 Å². The van der Waals surface area contributed by atoms with Crippen molar-refractivity contribution in [2.24, 2.45) is 0 Å². The summed E-state index contributed by atoms with van der Waals surface area (Å²) in [6, 6.07) is -0.218. The number of aryl methyl sites for hydroxylation is 1. The Balaban J connectivity index is 2.84. The van der Waals surface area contributed by atoms with Gasteiger partial charge >= 0.3 is 6.09 Å². The number of ether oxygens (including phenoxy) is 1. The number of nitrogens with zero attached hydrogens (tertiary/aromatic N) is 4. The molecule has 0 bridgehead atoms. The van der Waals surface area contributed by atoms with E-state index in [2.05, 4.69) is 26.1 Å². The average Bonchev–Trinajstić information content (AvgIpc) is 2.66. The van der Waals surface area contributed by atoms with Crippen LogP contribution in [0.2, 0.25) is 0 Å². The molecule has 6 nitrogen and oxygen atoms in total. The number of halogens is 1. The Hall–Kier alpha value is -1.11. The standard InChI is InChI=1S/C12H21BrN4O2/c1-7-17-14-9(10(13)15-17)8(2)16(6)11(18)19-12(3,4)5/h8H,7H2,1-6H3. The molecule has 19 heavy (non-hydrogen) atoms. The van der Waals surface area contributed by atoms with E-state index >= 15 is 0 Å². The van der Waals surface area contributed by atoms with Crippen LogP contribution >= 0.6 is 15.9 Å². The quantitative estimate of drug-likeness (QED) is 0.853. The minimum absolute atomic E-state index is 0.218. The molecule has 1 rings (SSSR count). The van der Waals surface area contributed by atoms with E-state index in [1.54, 1.807) is 11.8 Å². The molecule has 0 saturated heterocycles. The molecule has 0 saturated carbocycles. The van der Waals surface area contributed by atoms with Crippen molar-refractivity contribution < 1.29 is 9.53 Å². The van der Waals surface area contributed by atoms with E-state index < -0.39 is 5.60 Å². The summed E-state index contributed by atoms with van der Waals surface area (Å²) in [7, 11) is 1.69. The normalized spacial score (nSPS) is 13.2. The first kappa shape index (κ1) is 15.9. The zero-order valence-corrected chi connectivity index (χ0v) is 13.9. The molecule has 7 heteroatoms. The van der Waals surface area contributed by atoms with Crippen molar-refractivity contribution >= 4 is 22.0 Å². The van der Waals surface area contributed by atoms with E-state index in [1.165, 1.54) is 4.90 Å². The summed E-state index contributed by atoms with van der Waals surface area (Å²) in [5.41, 5.74) is 0.207. The topological polar surface area (TPSA) is 60.2 Å². The Bertz CT molecular complexity index is 453. The van der Waals surface area contributed by atoms with E-state index in [0.717, 1.165) is 5.69 Å². The Morgan fingerprint density at radius 1 is 1.47 bits per heavy atom. The number of amides is 1. The summed E-state index contributed by atoms with van der Waals surface area (Å²) in [5.74, 6) is 0. The predicted octanol–water partition coefficient (Wildman–Crippen LogP) is 2.99. The first-order chi connectivity index (χ1) is 8.65. The highest BCUT2D eigenvalue weighted by molar-refractivity contribution is 9.10. The lowest BCUT2D eigenvalue weighted by molar-refractivity contribution is 0.0230. The van der Waals surface area contributed by atoms with Gasteiger partial charge in [-0.1, -0.05) is 0 Å². The molecule has 0 aromatic carbocycles. The number of rotatable bonds is 3. The molecule has 0 N–H and O–H groups in total. The number of hydrogen-bond donors (Lipinski definition) is 0. The van der Waals surface area contributed by atoms with Gasteiger partial charge in [-0.2, -0.15) is 9.90 Å². The van der Waals surface area contributed by atoms with Crippen LogP contribution in [0, 0.1) is 0 Å². The van der Waals surface area contributed by atoms with Crippen molar-refractivity contribution in [3.63, 3.8) is 0 Å². The molecule has 1 amide bonds. The van der Waals surface area contributed by atoms with Crippen LogP contribution < -0.4 is 0 Å². The van der Waals surface area contributed by atoms with Crippen molar-refractivity contribution in [1.29, 1.82) is 0 Å². The highest BCUT2D eigenvalue weighted by Gasteiger charge is 2.27. The predicted molar refractivity (Wildman–Crippen MR) is 75.8 cm³/mol. The maximum Gasteiger partial charge on any atom is 0.410 e. The molecule has 0 fully saturated rings. The van der Waals surface area contributed by atoms with Crippen molar-refractivity contribution in [2.45, 2.75) is 52.8 Å². The van der Waals surface area contributed by atoms with Gasteiger partial charge in [0.1, 0.15) is 11.3 Å². The second-order valence-corrected chi connectivity index (χ2v) is 6.08. The van der Waals surface area contributed by atoms with Gasteiger partial charge in [-0.05, 0) is 50.5 Å². The maximum absolute atomic E-state index is 12.0. The third-order valence-corrected chi connectivity index (χ3v) is 3.14. The molecule has 0 aliphatic carbocycles. The smallest absolute Gasteiger partial charge is 0.410 e. The van der Waals surface area contributed by atoms with Crippen LogP contribution in [-0.4, -0.2) is 38.6 Å². The second-order valence-electron chi connectivity index (χ2n) is 5.33. The van der Waals surface area contributed by atoms with Gasteiger partial charge in [0.2, 0.25) is 0 Å². The molecule has 0 spiro atoms. The molecule has 1 atom stereocenters. The molecule has 0 aliphatic rings. The van der Waals surface area contributed by atoms with E-state index in [-0.39, 0.29) is 12.1 Å². The number of hydrogen-bond acceptors (Lipinski definition) is 4. The number of aromatic nitrogens is 3. The molecule has 1 aromatic rings. The van der Waals surface area contributed by atoms with Crippen molar-refractivity contribution in [1.82, 2.24) is 19.9 Å². The van der Waals surface area contributed by atoms with Gasteiger partial charge in [0.15, 0.2) is 4.60 Å². The van der Waals surface area contributed by atoms with Gasteiger partial charge < -0.3 is 9.64 Å². The van der Waals surface area contributed by atoms with Gasteiger partial charge in [-0.3, -0.25) is 0 Å². The molecular weight excluding hydrogens is 312 g/mol. The lowest BCUT2D eigenvalue weighted by atomic mass is 10.2. The molecule has 0 aliphatic heterocycles. The summed E-state index contributed by atoms with van der Waals surface area (Å²) in [6.07, 6.45) is -0.377. The third kappa shape index (κ3) is 4.19. The van der Waals surface area contributed by atoms with Crippen LogP contribution in [0.15, 0.2) is 4.60 Å². The molecule has 1 aromatic heterocycles. The van der Waals surface area contributed by atoms with Crippen molar-refractivity contribution in [3.8, 4) is 0 Å². The second kappa shape index (κ2) is 5.90. The Morgan fingerprint density at radius 2 is 2.05 bits per heavy atom. The van der Waals surface area contributed by atoms with Gasteiger partial charge in [0, 0.05) is 7.05 Å². The molecule has 1 unspecified atom stereocenters. The number of carbonyl (C=O) groups is 1. The van der Waals surface area contributed by atoms with Gasteiger partial charge in [-0.15, -0.1) is 5.10 Å². The Labute approximate surface area is 122 Å². The van der Waals surface area contributed by atoms with E-state index in [4.69, 9.17) is 4.74 Å². The summed E-state index contributed by atoms with van der Waals surface area (Å²) < 4.78 is 5.98. The molecule has 1 heterocycles. The first-order valence-corrected chi connectivity index (χ1v) is 7.01. The SMILES string of the molecule is CCn1nc(Br)c(C(C)N(C)C(=O)OC(C)(C)C)n1. The lowest BCUT2D eigenvalue weighted by Gasteiger charge is -2.27. The largest absolute Gasteiger partial charge is 0.444 e. The fraction of sp³-hybridized carbons (Fsp3) is 0.750. The molecule has 108 valence electrons. The summed E-state index contributed by atoms with van der Waals surface area (Å²) in [5, 5.41) is 8.55. The molecular formula is C12H21BrN4O2. The number of carbonyl (C=O) groups excluding carboxylic acids is 1. The highest BCUT2D eigenvalue weighted by Crippen LogP contribution is 2.24. The van der Waals surface area contributed by atoms with Crippen molar-refractivity contribution in [2.75, 3.05) is 7.05 Å². The van der Waals surface area contributed by atoms with E-state index in [9.17, 15) is 4.79 Å². The minimum Gasteiger partial charge on any atom is -0.444 e. The zero-order valence-electron chi connectivity index (χ0n) is 12.3. The fourth-order valence-electron chi connectivity index (χ4n) is 1.41. The summed E-state index contributed by atoms with van der Waals surface area (Å²) >= 11 is 3.36. The average molecular weight is 333 g/mol. The Kier molecular flexibility index (Phi) is 4.95. The minimum atomic E-state index is -0.511. The van der Waals surface area contributed by atoms with Gasteiger partial charge in [-0.25, -0.2) is 4.79 Å². The van der Waals surface area contributed by atoms with Crippen LogP contribution in [-0.2, 0) is 11.3 Å². The monoisotopic (exact) mass is 332 g/mol. The zero-order chi connectivity index (χ0) is 14.8. The highest BCUT2D eigenvalue weighted by atomic mass is 79.9. The van der Waals surface area contributed by atoms with Gasteiger partial charge in [0.25, 0.3) is 0 Å².